The van der Waals surface area contributed by atoms with E-state index in [-0.39, 0.29) is 12.0 Å². The van der Waals surface area contributed by atoms with E-state index in [1.807, 2.05) is 6.92 Å². The van der Waals surface area contributed by atoms with Crippen molar-refractivity contribution in [1.29, 1.82) is 0 Å². The average molecular weight is 243 g/mol. The van der Waals surface area contributed by atoms with E-state index in [2.05, 4.69) is 26.1 Å². The van der Waals surface area contributed by atoms with Crippen molar-refractivity contribution in [3.63, 3.8) is 0 Å². The number of hydrogen-bond acceptors (Lipinski definition) is 3. The molecule has 0 aromatic carbocycles. The fraction of sp³-hybridized carbons (Fsp3) is 0.929. The number of hydrogen-bond donors (Lipinski definition) is 1. The molecule has 0 aliphatic rings. The molecule has 0 saturated carbocycles. The Labute approximate surface area is 106 Å². The van der Waals surface area contributed by atoms with Gasteiger partial charge in [0, 0.05) is 6.04 Å². The van der Waals surface area contributed by atoms with Gasteiger partial charge in [-0.1, -0.05) is 39.5 Å². The second kappa shape index (κ2) is 10.6. The van der Waals surface area contributed by atoms with E-state index in [1.54, 1.807) is 0 Å². The first-order valence-electron chi connectivity index (χ1n) is 7.08. The molecule has 0 spiro atoms. The largest absolute Gasteiger partial charge is 0.465 e. The second-order valence-electron chi connectivity index (χ2n) is 4.66. The maximum Gasteiger partial charge on any atom is 0.323 e. The van der Waals surface area contributed by atoms with Gasteiger partial charge in [-0.2, -0.15) is 0 Å². The molecule has 0 rings (SSSR count). The predicted molar refractivity (Wildman–Crippen MR) is 72.1 cm³/mol. The molecule has 0 radical (unpaired) electrons. The smallest absolute Gasteiger partial charge is 0.323 e. The molecule has 0 aliphatic heterocycles. The zero-order valence-corrected chi connectivity index (χ0v) is 11.9. The van der Waals surface area contributed by atoms with Gasteiger partial charge < -0.3 is 10.1 Å². The standard InChI is InChI=1S/C14H29NO2/c1-5-8-9-11-12(4)15-13(10-6-2)14(16)17-7-3/h12-13,15H,5-11H2,1-4H3. The summed E-state index contributed by atoms with van der Waals surface area (Å²) in [7, 11) is 0. The Morgan fingerprint density at radius 2 is 1.82 bits per heavy atom. The molecule has 3 nitrogen and oxygen atoms in total. The molecule has 0 fully saturated rings. The van der Waals surface area contributed by atoms with Crippen molar-refractivity contribution in [2.75, 3.05) is 6.61 Å². The van der Waals surface area contributed by atoms with Crippen LogP contribution in [-0.4, -0.2) is 24.7 Å². The van der Waals surface area contributed by atoms with Gasteiger partial charge in [0.05, 0.1) is 6.61 Å². The SMILES string of the molecule is CCCCCC(C)NC(CCC)C(=O)OCC. The number of rotatable bonds is 10. The van der Waals surface area contributed by atoms with E-state index in [0.29, 0.717) is 12.6 Å². The Kier molecular flexibility index (Phi) is 10.2. The molecular weight excluding hydrogens is 214 g/mol. The molecule has 0 heterocycles. The molecule has 0 aliphatic carbocycles. The van der Waals surface area contributed by atoms with Crippen LogP contribution in [0, 0.1) is 0 Å². The third-order valence-electron chi connectivity index (χ3n) is 2.87. The number of carbonyl (C=O) groups is 1. The Morgan fingerprint density at radius 3 is 2.35 bits per heavy atom. The molecule has 102 valence electrons. The minimum absolute atomic E-state index is 0.100. The van der Waals surface area contributed by atoms with Crippen molar-refractivity contribution in [3.05, 3.63) is 0 Å². The summed E-state index contributed by atoms with van der Waals surface area (Å²) in [5.74, 6) is -0.100. The highest BCUT2D eigenvalue weighted by molar-refractivity contribution is 5.75. The van der Waals surface area contributed by atoms with Crippen LogP contribution in [0.2, 0.25) is 0 Å². The molecule has 0 bridgehead atoms. The van der Waals surface area contributed by atoms with Crippen LogP contribution in [-0.2, 0) is 9.53 Å². The second-order valence-corrected chi connectivity index (χ2v) is 4.66. The number of ether oxygens (including phenoxy) is 1. The summed E-state index contributed by atoms with van der Waals surface area (Å²) in [5.41, 5.74) is 0. The molecule has 1 N–H and O–H groups in total. The van der Waals surface area contributed by atoms with E-state index >= 15 is 0 Å². The minimum Gasteiger partial charge on any atom is -0.465 e. The molecular formula is C14H29NO2. The van der Waals surface area contributed by atoms with Gasteiger partial charge in [-0.05, 0) is 26.7 Å². The van der Waals surface area contributed by atoms with E-state index in [9.17, 15) is 4.79 Å². The summed E-state index contributed by atoms with van der Waals surface area (Å²) in [5, 5.41) is 3.39. The number of carbonyl (C=O) groups excluding carboxylic acids is 1. The van der Waals surface area contributed by atoms with Crippen LogP contribution >= 0.6 is 0 Å². The maximum atomic E-state index is 11.7. The third kappa shape index (κ3) is 8.19. The highest BCUT2D eigenvalue weighted by Crippen LogP contribution is 2.07. The maximum absolute atomic E-state index is 11.7. The van der Waals surface area contributed by atoms with E-state index in [4.69, 9.17) is 4.74 Å². The summed E-state index contributed by atoms with van der Waals surface area (Å²) in [6, 6.07) is 0.263. The van der Waals surface area contributed by atoms with Crippen LogP contribution in [0.15, 0.2) is 0 Å². The van der Waals surface area contributed by atoms with Gasteiger partial charge in [0.2, 0.25) is 0 Å². The quantitative estimate of drug-likeness (QED) is 0.473. The summed E-state index contributed by atoms with van der Waals surface area (Å²) in [6.07, 6.45) is 6.72. The molecule has 0 aromatic rings. The topological polar surface area (TPSA) is 38.3 Å². The summed E-state index contributed by atoms with van der Waals surface area (Å²) >= 11 is 0. The van der Waals surface area contributed by atoms with Crippen molar-refractivity contribution in [3.8, 4) is 0 Å². The van der Waals surface area contributed by atoms with Gasteiger partial charge >= 0.3 is 5.97 Å². The molecule has 0 amide bonds. The highest BCUT2D eigenvalue weighted by Gasteiger charge is 2.20. The van der Waals surface area contributed by atoms with Gasteiger partial charge in [-0.15, -0.1) is 0 Å². The minimum atomic E-state index is -0.128. The van der Waals surface area contributed by atoms with Gasteiger partial charge in [0.1, 0.15) is 6.04 Å². The van der Waals surface area contributed by atoms with Crippen molar-refractivity contribution >= 4 is 5.97 Å². The average Bonchev–Trinajstić information content (AvgIpc) is 2.29. The lowest BCUT2D eigenvalue weighted by Gasteiger charge is -2.21. The lowest BCUT2D eigenvalue weighted by molar-refractivity contribution is -0.146. The van der Waals surface area contributed by atoms with Gasteiger partial charge in [-0.3, -0.25) is 4.79 Å². The summed E-state index contributed by atoms with van der Waals surface area (Å²) < 4.78 is 5.08. The summed E-state index contributed by atoms with van der Waals surface area (Å²) in [4.78, 5) is 11.7. The first-order valence-corrected chi connectivity index (χ1v) is 7.08. The lowest BCUT2D eigenvalue weighted by Crippen LogP contribution is -2.43. The Hall–Kier alpha value is -0.570. The van der Waals surface area contributed by atoms with E-state index in [0.717, 1.165) is 19.3 Å². The first kappa shape index (κ1) is 16.4. The van der Waals surface area contributed by atoms with Crippen LogP contribution in [0.5, 0.6) is 0 Å². The lowest BCUT2D eigenvalue weighted by atomic mass is 10.1. The van der Waals surface area contributed by atoms with Crippen molar-refractivity contribution in [2.24, 2.45) is 0 Å². The van der Waals surface area contributed by atoms with Crippen LogP contribution in [0.1, 0.15) is 66.2 Å². The van der Waals surface area contributed by atoms with Gasteiger partial charge in [0.15, 0.2) is 0 Å². The molecule has 17 heavy (non-hydrogen) atoms. The zero-order chi connectivity index (χ0) is 13.1. The normalized spacial score (nSPS) is 14.4. The molecule has 2 unspecified atom stereocenters. The van der Waals surface area contributed by atoms with Crippen molar-refractivity contribution < 1.29 is 9.53 Å². The fourth-order valence-electron chi connectivity index (χ4n) is 1.93. The molecule has 0 saturated heterocycles. The van der Waals surface area contributed by atoms with Crippen LogP contribution in [0.4, 0.5) is 0 Å². The first-order chi connectivity index (χ1) is 8.15. The Morgan fingerprint density at radius 1 is 1.12 bits per heavy atom. The number of unbranched alkanes of at least 4 members (excludes halogenated alkanes) is 2. The van der Waals surface area contributed by atoms with Crippen LogP contribution in [0.25, 0.3) is 0 Å². The van der Waals surface area contributed by atoms with E-state index in [1.165, 1.54) is 19.3 Å². The van der Waals surface area contributed by atoms with Crippen LogP contribution < -0.4 is 5.32 Å². The van der Waals surface area contributed by atoms with Crippen LogP contribution in [0.3, 0.4) is 0 Å². The molecule has 2 atom stereocenters. The van der Waals surface area contributed by atoms with Gasteiger partial charge in [0.25, 0.3) is 0 Å². The van der Waals surface area contributed by atoms with Gasteiger partial charge in [-0.25, -0.2) is 0 Å². The highest BCUT2D eigenvalue weighted by atomic mass is 16.5. The Balaban J connectivity index is 4.00. The molecule has 0 aromatic heterocycles. The van der Waals surface area contributed by atoms with E-state index < -0.39 is 0 Å². The monoisotopic (exact) mass is 243 g/mol. The summed E-state index contributed by atoms with van der Waals surface area (Å²) in [6.45, 7) is 8.76. The number of esters is 1. The fourth-order valence-corrected chi connectivity index (χ4v) is 1.93. The molecule has 3 heteroatoms. The number of nitrogens with one attached hydrogen (secondary N) is 1. The third-order valence-corrected chi connectivity index (χ3v) is 2.87. The Bertz CT molecular complexity index is 195. The van der Waals surface area contributed by atoms with Crippen molar-refractivity contribution in [1.82, 2.24) is 5.32 Å². The predicted octanol–water partition coefficient (Wildman–Crippen LogP) is 3.28. The zero-order valence-electron chi connectivity index (χ0n) is 11.9. The van der Waals surface area contributed by atoms with Crippen molar-refractivity contribution in [2.45, 2.75) is 78.3 Å².